The number of anilines is 1. The predicted octanol–water partition coefficient (Wildman–Crippen LogP) is 0.570. The summed E-state index contributed by atoms with van der Waals surface area (Å²) < 4.78 is 1.40. The minimum atomic E-state index is -0.348. The van der Waals surface area contributed by atoms with E-state index in [9.17, 15) is 14.4 Å². The summed E-state index contributed by atoms with van der Waals surface area (Å²) in [4.78, 5) is 39.7. The van der Waals surface area contributed by atoms with E-state index in [1.807, 2.05) is 0 Å². The van der Waals surface area contributed by atoms with Gasteiger partial charge in [-0.2, -0.15) is 5.10 Å². The van der Waals surface area contributed by atoms with Crippen molar-refractivity contribution in [3.8, 4) is 0 Å². The molecule has 0 saturated heterocycles. The van der Waals surface area contributed by atoms with Gasteiger partial charge in [0.05, 0.1) is 11.7 Å². The third-order valence-corrected chi connectivity index (χ3v) is 3.80. The summed E-state index contributed by atoms with van der Waals surface area (Å²) >= 11 is 1.40. The van der Waals surface area contributed by atoms with Crippen LogP contribution in [0.2, 0.25) is 0 Å². The van der Waals surface area contributed by atoms with Crippen molar-refractivity contribution < 1.29 is 4.79 Å². The third-order valence-electron chi connectivity index (χ3n) is 2.98. The maximum absolute atomic E-state index is 12.1. The van der Waals surface area contributed by atoms with Crippen LogP contribution in [0.25, 0.3) is 10.2 Å². The number of carbonyl (C=O) groups excluding carboxylic acids is 1. The maximum atomic E-state index is 12.1. The molecule has 0 spiro atoms. The Morgan fingerprint density at radius 3 is 2.95 bits per heavy atom. The van der Waals surface area contributed by atoms with Gasteiger partial charge in [-0.3, -0.25) is 19.0 Å². The zero-order valence-electron chi connectivity index (χ0n) is 11.3. The van der Waals surface area contributed by atoms with Crippen molar-refractivity contribution in [3.05, 3.63) is 50.6 Å². The van der Waals surface area contributed by atoms with Crippen LogP contribution in [0.4, 0.5) is 5.82 Å². The second-order valence-corrected chi connectivity index (χ2v) is 5.38. The van der Waals surface area contributed by atoms with E-state index in [1.54, 1.807) is 11.4 Å². The number of hydrogen-bond donors (Lipinski definition) is 2. The number of hydrogen-bond acceptors (Lipinski definition) is 6. The second kappa shape index (κ2) is 5.90. The molecule has 1 amide bonds. The number of aromatic nitrogens is 4. The molecule has 8 nitrogen and oxygen atoms in total. The van der Waals surface area contributed by atoms with Gasteiger partial charge in [0.25, 0.3) is 11.1 Å². The zero-order valence-corrected chi connectivity index (χ0v) is 12.1. The predicted molar refractivity (Wildman–Crippen MR) is 82.0 cm³/mol. The molecule has 0 fully saturated rings. The first kappa shape index (κ1) is 14.1. The highest BCUT2D eigenvalue weighted by Crippen LogP contribution is 2.13. The Morgan fingerprint density at radius 1 is 1.32 bits per heavy atom. The number of H-pyrrole nitrogens is 1. The highest BCUT2D eigenvalue weighted by Gasteiger charge is 2.08. The van der Waals surface area contributed by atoms with Crippen molar-refractivity contribution in [3.63, 3.8) is 0 Å². The molecule has 0 aliphatic rings. The number of thiophene rings is 1. The number of carbonyl (C=O) groups is 1. The summed E-state index contributed by atoms with van der Waals surface area (Å²) in [6.07, 6.45) is 1.53. The molecule has 0 aliphatic carbocycles. The lowest BCUT2D eigenvalue weighted by Crippen LogP contribution is -2.23. The molecule has 3 heterocycles. The van der Waals surface area contributed by atoms with E-state index in [1.165, 1.54) is 34.4 Å². The molecule has 2 N–H and O–H groups in total. The smallest absolute Gasteiger partial charge is 0.264 e. The van der Waals surface area contributed by atoms with Gasteiger partial charge in [-0.05, 0) is 17.5 Å². The van der Waals surface area contributed by atoms with Gasteiger partial charge in [-0.15, -0.1) is 11.3 Å². The van der Waals surface area contributed by atoms with E-state index in [4.69, 9.17) is 0 Å². The van der Waals surface area contributed by atoms with E-state index in [2.05, 4.69) is 20.5 Å². The molecule has 9 heteroatoms. The lowest BCUT2D eigenvalue weighted by Gasteiger charge is -2.06. The van der Waals surface area contributed by atoms with Gasteiger partial charge >= 0.3 is 0 Å². The summed E-state index contributed by atoms with van der Waals surface area (Å²) in [7, 11) is 0. The highest BCUT2D eigenvalue weighted by molar-refractivity contribution is 7.16. The molecular weight excluding hydrogens is 306 g/mol. The van der Waals surface area contributed by atoms with Crippen LogP contribution in [0, 0.1) is 0 Å². The summed E-state index contributed by atoms with van der Waals surface area (Å²) in [5.74, 6) is -0.0553. The van der Waals surface area contributed by atoms with Gasteiger partial charge in [0.2, 0.25) is 5.91 Å². The Hall–Kier alpha value is -2.81. The number of rotatable bonds is 4. The monoisotopic (exact) mass is 317 g/mol. The number of amides is 1. The van der Waals surface area contributed by atoms with Crippen molar-refractivity contribution in [1.82, 2.24) is 19.7 Å². The Kier molecular flexibility index (Phi) is 3.79. The fourth-order valence-corrected chi connectivity index (χ4v) is 2.62. The van der Waals surface area contributed by atoms with Gasteiger partial charge in [0.15, 0.2) is 5.82 Å². The first-order chi connectivity index (χ1) is 10.6. The average Bonchev–Trinajstić information content (AvgIpc) is 2.98. The van der Waals surface area contributed by atoms with Crippen molar-refractivity contribution in [2.75, 3.05) is 5.32 Å². The SMILES string of the molecule is O=C(CCn1cnc2sccc2c1=O)Nc1ccc(=O)[nH]n1. The van der Waals surface area contributed by atoms with Crippen LogP contribution in [0.1, 0.15) is 6.42 Å². The molecule has 112 valence electrons. The number of nitrogens with one attached hydrogen (secondary N) is 2. The van der Waals surface area contributed by atoms with E-state index >= 15 is 0 Å². The molecule has 0 radical (unpaired) electrons. The summed E-state index contributed by atoms with van der Waals surface area (Å²) in [6, 6.07) is 4.39. The van der Waals surface area contributed by atoms with Crippen LogP contribution in [0.15, 0.2) is 39.5 Å². The molecule has 3 aromatic rings. The standard InChI is InChI=1S/C13H11N5O3S/c19-10(15-9-1-2-11(20)17-16-9)3-5-18-7-14-12-8(13(18)21)4-6-22-12/h1-2,4,6-7H,3,5H2,(H,17,20)(H,15,16,19). The second-order valence-electron chi connectivity index (χ2n) is 4.49. The number of aromatic amines is 1. The highest BCUT2D eigenvalue weighted by atomic mass is 32.1. The Bertz CT molecular complexity index is 922. The van der Waals surface area contributed by atoms with Crippen LogP contribution in [-0.2, 0) is 11.3 Å². The van der Waals surface area contributed by atoms with Gasteiger partial charge < -0.3 is 5.32 Å². The zero-order chi connectivity index (χ0) is 15.5. The molecule has 3 rings (SSSR count). The molecule has 0 aromatic carbocycles. The minimum Gasteiger partial charge on any atom is -0.309 e. The van der Waals surface area contributed by atoms with Crippen LogP contribution < -0.4 is 16.4 Å². The van der Waals surface area contributed by atoms with Gasteiger partial charge in [0, 0.05) is 19.0 Å². The van der Waals surface area contributed by atoms with Gasteiger partial charge in [-0.1, -0.05) is 0 Å². The molecule has 0 saturated carbocycles. The normalized spacial score (nSPS) is 10.7. The van der Waals surface area contributed by atoms with Crippen LogP contribution in [0.3, 0.4) is 0 Å². The first-order valence-electron chi connectivity index (χ1n) is 6.42. The molecule has 0 atom stereocenters. The lowest BCUT2D eigenvalue weighted by molar-refractivity contribution is -0.116. The summed E-state index contributed by atoms with van der Waals surface area (Å²) in [6.45, 7) is 0.215. The van der Waals surface area contributed by atoms with E-state index in [0.29, 0.717) is 10.2 Å². The van der Waals surface area contributed by atoms with Crippen LogP contribution >= 0.6 is 11.3 Å². The molecule has 0 unspecified atom stereocenters. The quantitative estimate of drug-likeness (QED) is 0.731. The molecule has 3 aromatic heterocycles. The van der Waals surface area contributed by atoms with Crippen LogP contribution in [0.5, 0.6) is 0 Å². The average molecular weight is 317 g/mol. The Labute approximate surface area is 127 Å². The summed E-state index contributed by atoms with van der Waals surface area (Å²) in [5, 5.41) is 10.8. The van der Waals surface area contributed by atoms with Gasteiger partial charge in [0.1, 0.15) is 4.83 Å². The number of aryl methyl sites for hydroxylation is 1. The molecular formula is C13H11N5O3S. The van der Waals surface area contributed by atoms with Crippen molar-refractivity contribution in [2.45, 2.75) is 13.0 Å². The fourth-order valence-electron chi connectivity index (χ4n) is 1.89. The minimum absolute atomic E-state index is 0.0953. The fraction of sp³-hybridized carbons (Fsp3) is 0.154. The van der Waals surface area contributed by atoms with E-state index < -0.39 is 0 Å². The van der Waals surface area contributed by atoms with Gasteiger partial charge in [-0.25, -0.2) is 10.1 Å². The molecule has 0 aliphatic heterocycles. The van der Waals surface area contributed by atoms with Crippen LogP contribution in [-0.4, -0.2) is 25.7 Å². The maximum Gasteiger partial charge on any atom is 0.264 e. The van der Waals surface area contributed by atoms with E-state index in [-0.39, 0.29) is 35.8 Å². The first-order valence-corrected chi connectivity index (χ1v) is 7.30. The number of fused-ring (bicyclic) bond motifs is 1. The number of nitrogens with zero attached hydrogens (tertiary/aromatic N) is 3. The molecule has 0 bridgehead atoms. The lowest BCUT2D eigenvalue weighted by atomic mass is 10.3. The van der Waals surface area contributed by atoms with Crippen molar-refractivity contribution in [1.29, 1.82) is 0 Å². The third kappa shape index (κ3) is 2.93. The Balaban J connectivity index is 1.67. The van der Waals surface area contributed by atoms with Crippen molar-refractivity contribution >= 4 is 33.3 Å². The largest absolute Gasteiger partial charge is 0.309 e. The topological polar surface area (TPSA) is 110 Å². The van der Waals surface area contributed by atoms with E-state index in [0.717, 1.165) is 0 Å². The van der Waals surface area contributed by atoms with Crippen molar-refractivity contribution in [2.24, 2.45) is 0 Å². The summed E-state index contributed by atoms with van der Waals surface area (Å²) in [5.41, 5.74) is -0.513. The molecule has 22 heavy (non-hydrogen) atoms. The Morgan fingerprint density at radius 2 is 2.18 bits per heavy atom.